The standard InChI is InChI=1S/C55H40N2/c1-55(2)47-26-9-5-23-46(47)54-45(25-16-27-48(54)55)44-22-8-10-28-49(44)56(39-35-33-38(34-36-39)41-24-15-18-37-17-3-4-19-40(37)41)52-31-13-14-32-53(52)57-50-29-11-6-20-42(50)43-21-7-12-30-51(43)57/h3-36H,1-2H3. The van der Waals surface area contributed by atoms with Crippen LogP contribution in [-0.2, 0) is 5.41 Å². The number of para-hydroxylation sites is 5. The summed E-state index contributed by atoms with van der Waals surface area (Å²) in [5, 5.41) is 4.99. The summed E-state index contributed by atoms with van der Waals surface area (Å²) in [5.74, 6) is 0. The first kappa shape index (κ1) is 33.2. The topological polar surface area (TPSA) is 8.17 Å². The highest BCUT2D eigenvalue weighted by Crippen LogP contribution is 2.54. The van der Waals surface area contributed by atoms with Crippen LogP contribution in [0.25, 0.3) is 71.6 Å². The fraction of sp³-hybridized carbons (Fsp3) is 0.0545. The molecule has 0 unspecified atom stereocenters. The summed E-state index contributed by atoms with van der Waals surface area (Å²) in [5.41, 5.74) is 17.0. The van der Waals surface area contributed by atoms with Crippen LogP contribution in [0.15, 0.2) is 206 Å². The molecule has 0 aliphatic heterocycles. The van der Waals surface area contributed by atoms with Gasteiger partial charge in [-0.05, 0) is 92.2 Å². The van der Waals surface area contributed by atoms with Crippen molar-refractivity contribution in [2.75, 3.05) is 4.90 Å². The molecule has 10 aromatic rings. The molecule has 0 saturated heterocycles. The first-order valence-corrected chi connectivity index (χ1v) is 19.9. The molecule has 0 atom stereocenters. The monoisotopic (exact) mass is 728 g/mol. The van der Waals surface area contributed by atoms with Gasteiger partial charge < -0.3 is 9.47 Å². The SMILES string of the molecule is CC1(C)c2ccccc2-c2c(-c3ccccc3N(c3ccc(-c4cccc5ccccc45)cc3)c3ccccc3-n3c4ccccc4c4ccccc43)cccc21. The Balaban J connectivity index is 1.17. The zero-order chi connectivity index (χ0) is 38.1. The van der Waals surface area contributed by atoms with E-state index in [0.717, 1.165) is 22.7 Å². The van der Waals surface area contributed by atoms with Gasteiger partial charge in [0.2, 0.25) is 0 Å². The van der Waals surface area contributed by atoms with Crippen LogP contribution in [0.1, 0.15) is 25.0 Å². The van der Waals surface area contributed by atoms with Crippen LogP contribution >= 0.6 is 0 Å². The first-order valence-electron chi connectivity index (χ1n) is 19.9. The second-order valence-electron chi connectivity index (χ2n) is 15.7. The molecule has 0 radical (unpaired) electrons. The smallest absolute Gasteiger partial charge is 0.0702 e. The fourth-order valence-electron chi connectivity index (χ4n) is 9.57. The molecule has 0 spiro atoms. The summed E-state index contributed by atoms with van der Waals surface area (Å²) >= 11 is 0. The van der Waals surface area contributed by atoms with Crippen LogP contribution in [0.3, 0.4) is 0 Å². The molecular formula is C55H40N2. The van der Waals surface area contributed by atoms with Gasteiger partial charge in [0.1, 0.15) is 0 Å². The molecule has 9 aromatic carbocycles. The molecule has 1 aliphatic rings. The van der Waals surface area contributed by atoms with E-state index in [1.165, 1.54) is 77.1 Å². The Kier molecular flexibility index (Phi) is 7.55. The van der Waals surface area contributed by atoms with Crippen molar-refractivity contribution in [1.29, 1.82) is 0 Å². The summed E-state index contributed by atoms with van der Waals surface area (Å²) in [6, 6.07) is 75.7. The third kappa shape index (κ3) is 5.11. The van der Waals surface area contributed by atoms with Gasteiger partial charge in [-0.15, -0.1) is 0 Å². The Morgan fingerprint density at radius 2 is 0.912 bits per heavy atom. The maximum Gasteiger partial charge on any atom is 0.0702 e. The molecule has 2 heteroatoms. The van der Waals surface area contributed by atoms with Crippen LogP contribution in [0, 0.1) is 0 Å². The van der Waals surface area contributed by atoms with Crippen molar-refractivity contribution in [1.82, 2.24) is 4.57 Å². The van der Waals surface area contributed by atoms with Crippen molar-refractivity contribution in [3.05, 3.63) is 217 Å². The second-order valence-corrected chi connectivity index (χ2v) is 15.7. The number of aromatic nitrogens is 1. The van der Waals surface area contributed by atoms with Crippen molar-refractivity contribution in [3.8, 4) is 39.1 Å². The van der Waals surface area contributed by atoms with E-state index >= 15 is 0 Å². The Morgan fingerprint density at radius 3 is 1.68 bits per heavy atom. The van der Waals surface area contributed by atoms with Gasteiger partial charge in [-0.25, -0.2) is 0 Å². The van der Waals surface area contributed by atoms with Crippen molar-refractivity contribution >= 4 is 49.6 Å². The minimum Gasteiger partial charge on any atom is -0.308 e. The highest BCUT2D eigenvalue weighted by Gasteiger charge is 2.37. The zero-order valence-electron chi connectivity index (χ0n) is 32.0. The lowest BCUT2D eigenvalue weighted by atomic mass is 9.82. The van der Waals surface area contributed by atoms with Gasteiger partial charge in [0.25, 0.3) is 0 Å². The third-order valence-corrected chi connectivity index (χ3v) is 12.2. The average Bonchev–Trinajstić information content (AvgIpc) is 3.73. The second kappa shape index (κ2) is 13.0. The number of rotatable bonds is 6. The molecule has 1 aromatic heterocycles. The van der Waals surface area contributed by atoms with Gasteiger partial charge in [-0.3, -0.25) is 0 Å². The summed E-state index contributed by atoms with van der Waals surface area (Å²) in [6.45, 7) is 4.72. The summed E-state index contributed by atoms with van der Waals surface area (Å²) in [4.78, 5) is 2.48. The molecular weight excluding hydrogens is 689 g/mol. The molecule has 0 N–H and O–H groups in total. The van der Waals surface area contributed by atoms with Gasteiger partial charge in [-0.2, -0.15) is 0 Å². The number of hydrogen-bond donors (Lipinski definition) is 0. The molecule has 11 rings (SSSR count). The molecule has 57 heavy (non-hydrogen) atoms. The van der Waals surface area contributed by atoms with Gasteiger partial charge in [0.15, 0.2) is 0 Å². The lowest BCUT2D eigenvalue weighted by molar-refractivity contribution is 0.660. The summed E-state index contributed by atoms with van der Waals surface area (Å²) in [6.07, 6.45) is 0. The molecule has 2 nitrogen and oxygen atoms in total. The maximum atomic E-state index is 2.48. The highest BCUT2D eigenvalue weighted by atomic mass is 15.2. The van der Waals surface area contributed by atoms with Crippen molar-refractivity contribution < 1.29 is 0 Å². The largest absolute Gasteiger partial charge is 0.308 e. The predicted octanol–water partition coefficient (Wildman–Crippen LogP) is 15.0. The van der Waals surface area contributed by atoms with Gasteiger partial charge >= 0.3 is 0 Å². The lowest BCUT2D eigenvalue weighted by Crippen LogP contribution is -2.15. The highest BCUT2D eigenvalue weighted by molar-refractivity contribution is 6.10. The van der Waals surface area contributed by atoms with Crippen LogP contribution < -0.4 is 4.90 Å². The Morgan fingerprint density at radius 1 is 0.386 bits per heavy atom. The summed E-state index contributed by atoms with van der Waals surface area (Å²) in [7, 11) is 0. The molecule has 0 amide bonds. The van der Waals surface area contributed by atoms with E-state index in [9.17, 15) is 0 Å². The van der Waals surface area contributed by atoms with Gasteiger partial charge in [0, 0.05) is 27.4 Å². The quantitative estimate of drug-likeness (QED) is 0.165. The van der Waals surface area contributed by atoms with Crippen molar-refractivity contribution in [2.24, 2.45) is 0 Å². The van der Waals surface area contributed by atoms with Gasteiger partial charge in [-0.1, -0.05) is 178 Å². The Bertz CT molecular complexity index is 3100. The number of hydrogen-bond acceptors (Lipinski definition) is 1. The van der Waals surface area contributed by atoms with Crippen LogP contribution in [0.2, 0.25) is 0 Å². The van der Waals surface area contributed by atoms with E-state index in [1.54, 1.807) is 0 Å². The van der Waals surface area contributed by atoms with E-state index in [2.05, 4.69) is 230 Å². The van der Waals surface area contributed by atoms with E-state index < -0.39 is 0 Å². The number of benzene rings is 9. The number of fused-ring (bicyclic) bond motifs is 7. The predicted molar refractivity (Wildman–Crippen MR) is 241 cm³/mol. The summed E-state index contributed by atoms with van der Waals surface area (Å²) < 4.78 is 2.44. The van der Waals surface area contributed by atoms with Crippen LogP contribution in [-0.4, -0.2) is 4.57 Å². The maximum absolute atomic E-state index is 2.48. The normalized spacial score (nSPS) is 12.9. The Hall–Kier alpha value is -7.16. The lowest BCUT2D eigenvalue weighted by Gasteiger charge is -2.31. The molecule has 1 aliphatic carbocycles. The number of nitrogens with zero attached hydrogens (tertiary/aromatic N) is 2. The fourth-order valence-corrected chi connectivity index (χ4v) is 9.57. The molecule has 0 fully saturated rings. The van der Waals surface area contributed by atoms with Crippen molar-refractivity contribution in [3.63, 3.8) is 0 Å². The van der Waals surface area contributed by atoms with Crippen LogP contribution in [0.4, 0.5) is 17.1 Å². The van der Waals surface area contributed by atoms with E-state index in [0.29, 0.717) is 0 Å². The van der Waals surface area contributed by atoms with E-state index in [1.807, 2.05) is 0 Å². The minimum atomic E-state index is -0.100. The van der Waals surface area contributed by atoms with Crippen LogP contribution in [0.5, 0.6) is 0 Å². The van der Waals surface area contributed by atoms with E-state index in [4.69, 9.17) is 0 Å². The molecule has 1 heterocycles. The average molecular weight is 729 g/mol. The molecule has 0 bridgehead atoms. The first-order chi connectivity index (χ1) is 28.1. The molecule has 0 saturated carbocycles. The van der Waals surface area contributed by atoms with Gasteiger partial charge in [0.05, 0.1) is 28.1 Å². The zero-order valence-corrected chi connectivity index (χ0v) is 32.0. The van der Waals surface area contributed by atoms with Crippen molar-refractivity contribution in [2.45, 2.75) is 19.3 Å². The number of anilines is 3. The Labute approximate surface area is 333 Å². The molecule has 270 valence electrons. The third-order valence-electron chi connectivity index (χ3n) is 12.2. The minimum absolute atomic E-state index is 0.100. The van der Waals surface area contributed by atoms with E-state index in [-0.39, 0.29) is 5.41 Å².